The summed E-state index contributed by atoms with van der Waals surface area (Å²) in [6.45, 7) is 2.42. The zero-order valence-electron chi connectivity index (χ0n) is 16.1. The summed E-state index contributed by atoms with van der Waals surface area (Å²) in [5.41, 5.74) is -1.39. The molecule has 0 unspecified atom stereocenters. The summed E-state index contributed by atoms with van der Waals surface area (Å²) < 4.78 is 38.6. The Bertz CT molecular complexity index is 743. The number of rotatable bonds is 5. The minimum absolute atomic E-state index is 0.0147. The first-order chi connectivity index (χ1) is 13.7. The third-order valence-corrected chi connectivity index (χ3v) is 5.69. The van der Waals surface area contributed by atoms with Gasteiger partial charge >= 0.3 is 6.18 Å². The molecule has 160 valence electrons. The molecule has 2 fully saturated rings. The number of quaternary nitrogens is 1. The number of halogens is 3. The van der Waals surface area contributed by atoms with Crippen LogP contribution in [0.4, 0.5) is 24.5 Å². The number of nitrogens with one attached hydrogen (secondary N) is 2. The highest BCUT2D eigenvalue weighted by atomic mass is 19.4. The van der Waals surface area contributed by atoms with Gasteiger partial charge in [0.25, 0.3) is 11.6 Å². The number of nitro groups is 1. The number of hydrogen-bond donors (Lipinski definition) is 2. The van der Waals surface area contributed by atoms with E-state index in [1.165, 1.54) is 12.5 Å². The van der Waals surface area contributed by atoms with Gasteiger partial charge < -0.3 is 15.1 Å². The van der Waals surface area contributed by atoms with Gasteiger partial charge in [-0.15, -0.1) is 0 Å². The molecule has 1 saturated heterocycles. The number of hydrogen-bond acceptors (Lipinski definition) is 4. The second-order valence-corrected chi connectivity index (χ2v) is 7.77. The Morgan fingerprint density at radius 1 is 1.21 bits per heavy atom. The molecule has 3 rings (SSSR count). The van der Waals surface area contributed by atoms with Gasteiger partial charge in [-0.05, 0) is 25.0 Å². The lowest BCUT2D eigenvalue weighted by atomic mass is 9.95. The van der Waals surface area contributed by atoms with Crippen LogP contribution in [0.15, 0.2) is 18.2 Å². The van der Waals surface area contributed by atoms with Crippen molar-refractivity contribution < 1.29 is 27.8 Å². The molecule has 1 aliphatic heterocycles. The fraction of sp³-hybridized carbons (Fsp3) is 0.632. The number of carbonyl (C=O) groups excluding carboxylic acids is 1. The standard InChI is InChI=1S/C19H25F3N4O3/c20-19(21,22)14-6-7-16(17(12-14)26(28)29)25-10-8-24(9-11-25)13-18(27)23-15-4-2-1-3-5-15/h6-7,12,15H,1-5,8-11,13H2,(H,23,27)/p+1. The SMILES string of the molecule is O=C(C[NH+]1CCN(c2ccc(C(F)(F)F)cc2[N+](=O)[O-])CC1)NC1CCCCC1. The zero-order chi connectivity index (χ0) is 21.0. The van der Waals surface area contributed by atoms with Crippen molar-refractivity contribution in [1.29, 1.82) is 0 Å². The van der Waals surface area contributed by atoms with Crippen molar-refractivity contribution in [2.75, 3.05) is 37.6 Å². The van der Waals surface area contributed by atoms with Crippen LogP contribution in [-0.4, -0.2) is 49.6 Å². The van der Waals surface area contributed by atoms with E-state index >= 15 is 0 Å². The first kappa shape index (κ1) is 21.4. The summed E-state index contributed by atoms with van der Waals surface area (Å²) >= 11 is 0. The smallest absolute Gasteiger partial charge is 0.355 e. The highest BCUT2D eigenvalue weighted by molar-refractivity contribution is 5.77. The minimum Gasteiger partial charge on any atom is -0.355 e. The summed E-state index contributed by atoms with van der Waals surface area (Å²) in [5.74, 6) is 0.0147. The molecule has 1 saturated carbocycles. The van der Waals surface area contributed by atoms with Crippen molar-refractivity contribution in [3.63, 3.8) is 0 Å². The van der Waals surface area contributed by atoms with E-state index in [1.54, 1.807) is 4.90 Å². The molecule has 29 heavy (non-hydrogen) atoms. The molecule has 2 N–H and O–H groups in total. The number of amides is 1. The largest absolute Gasteiger partial charge is 0.416 e. The monoisotopic (exact) mass is 415 g/mol. The van der Waals surface area contributed by atoms with Crippen LogP contribution in [-0.2, 0) is 11.0 Å². The second-order valence-electron chi connectivity index (χ2n) is 7.77. The summed E-state index contributed by atoms with van der Waals surface area (Å²) in [6.07, 6.45) is 0.914. The van der Waals surface area contributed by atoms with Crippen LogP contribution >= 0.6 is 0 Å². The van der Waals surface area contributed by atoms with Crippen molar-refractivity contribution in [2.45, 2.75) is 44.3 Å². The molecule has 1 aromatic rings. The average Bonchev–Trinajstić information content (AvgIpc) is 2.68. The van der Waals surface area contributed by atoms with Gasteiger partial charge in [0, 0.05) is 12.1 Å². The van der Waals surface area contributed by atoms with Gasteiger partial charge in [-0.2, -0.15) is 13.2 Å². The Hall–Kier alpha value is -2.36. The number of alkyl halides is 3. The Morgan fingerprint density at radius 3 is 2.45 bits per heavy atom. The Balaban J connectivity index is 1.57. The summed E-state index contributed by atoms with van der Waals surface area (Å²) in [7, 11) is 0. The predicted molar refractivity (Wildman–Crippen MR) is 101 cm³/mol. The van der Waals surface area contributed by atoms with Crippen LogP contribution in [0.5, 0.6) is 0 Å². The van der Waals surface area contributed by atoms with Crippen LogP contribution in [0.25, 0.3) is 0 Å². The first-order valence-electron chi connectivity index (χ1n) is 9.97. The van der Waals surface area contributed by atoms with E-state index in [4.69, 9.17) is 0 Å². The second kappa shape index (κ2) is 8.98. The number of nitrogens with zero attached hydrogens (tertiary/aromatic N) is 2. The zero-order valence-corrected chi connectivity index (χ0v) is 16.1. The lowest BCUT2D eigenvalue weighted by Crippen LogP contribution is -3.16. The first-order valence-corrected chi connectivity index (χ1v) is 9.97. The molecule has 2 aliphatic rings. The van der Waals surface area contributed by atoms with Gasteiger partial charge in [0.1, 0.15) is 5.69 Å². The Kier molecular flexibility index (Phi) is 6.61. The fourth-order valence-corrected chi connectivity index (χ4v) is 4.11. The van der Waals surface area contributed by atoms with Crippen LogP contribution in [0.1, 0.15) is 37.7 Å². The van der Waals surface area contributed by atoms with Gasteiger partial charge in [-0.25, -0.2) is 0 Å². The molecular formula is C19H26F3N4O3+. The van der Waals surface area contributed by atoms with E-state index in [1.807, 2.05) is 0 Å². The van der Waals surface area contributed by atoms with Crippen LogP contribution < -0.4 is 15.1 Å². The predicted octanol–water partition coefficient (Wildman–Crippen LogP) is 1.77. The van der Waals surface area contributed by atoms with Crippen molar-refractivity contribution in [3.8, 4) is 0 Å². The molecule has 1 amide bonds. The number of nitro benzene ring substituents is 1. The molecule has 1 heterocycles. The molecule has 10 heteroatoms. The van der Waals surface area contributed by atoms with Crippen LogP contribution in [0.2, 0.25) is 0 Å². The minimum atomic E-state index is -4.63. The maximum absolute atomic E-state index is 12.9. The number of carbonyl (C=O) groups is 1. The topological polar surface area (TPSA) is 79.9 Å². The highest BCUT2D eigenvalue weighted by Crippen LogP contribution is 2.36. The van der Waals surface area contributed by atoms with Crippen molar-refractivity contribution in [2.24, 2.45) is 0 Å². The number of piperazine rings is 1. The van der Waals surface area contributed by atoms with E-state index in [9.17, 15) is 28.1 Å². The average molecular weight is 415 g/mol. The molecular weight excluding hydrogens is 389 g/mol. The summed E-state index contributed by atoms with van der Waals surface area (Å²) in [6, 6.07) is 2.89. The third kappa shape index (κ3) is 5.59. The van der Waals surface area contributed by atoms with E-state index in [2.05, 4.69) is 5.32 Å². The molecule has 0 radical (unpaired) electrons. The van der Waals surface area contributed by atoms with Gasteiger partial charge in [-0.1, -0.05) is 19.3 Å². The maximum atomic E-state index is 12.9. The Morgan fingerprint density at radius 2 is 1.86 bits per heavy atom. The van der Waals surface area contributed by atoms with Gasteiger partial charge in [0.2, 0.25) is 0 Å². The molecule has 0 bridgehead atoms. The van der Waals surface area contributed by atoms with Gasteiger partial charge in [-0.3, -0.25) is 14.9 Å². The normalized spacial score (nSPS) is 19.2. The summed E-state index contributed by atoms with van der Waals surface area (Å²) in [4.78, 5) is 25.6. The van der Waals surface area contributed by atoms with Gasteiger partial charge in [0.15, 0.2) is 6.54 Å². The lowest BCUT2D eigenvalue weighted by molar-refractivity contribution is -0.892. The number of benzene rings is 1. The molecule has 0 spiro atoms. The van der Waals surface area contributed by atoms with Crippen molar-refractivity contribution >= 4 is 17.3 Å². The van der Waals surface area contributed by atoms with Crippen LogP contribution in [0.3, 0.4) is 0 Å². The van der Waals surface area contributed by atoms with Crippen molar-refractivity contribution in [3.05, 3.63) is 33.9 Å². The third-order valence-electron chi connectivity index (χ3n) is 5.69. The van der Waals surface area contributed by atoms with E-state index in [0.29, 0.717) is 38.8 Å². The van der Waals surface area contributed by atoms with E-state index in [0.717, 1.165) is 36.6 Å². The van der Waals surface area contributed by atoms with E-state index in [-0.39, 0.29) is 17.6 Å². The molecule has 0 atom stereocenters. The van der Waals surface area contributed by atoms with Gasteiger partial charge in [0.05, 0.1) is 36.7 Å². The Labute approximate surface area is 167 Å². The number of anilines is 1. The quantitative estimate of drug-likeness (QED) is 0.568. The highest BCUT2D eigenvalue weighted by Gasteiger charge is 2.34. The molecule has 7 nitrogen and oxygen atoms in total. The van der Waals surface area contributed by atoms with Crippen LogP contribution in [0, 0.1) is 10.1 Å². The summed E-state index contributed by atoms with van der Waals surface area (Å²) in [5, 5.41) is 14.4. The van der Waals surface area contributed by atoms with E-state index < -0.39 is 22.4 Å². The maximum Gasteiger partial charge on any atom is 0.416 e. The molecule has 1 aliphatic carbocycles. The molecule has 1 aromatic carbocycles. The molecule has 0 aromatic heterocycles. The lowest BCUT2D eigenvalue weighted by Gasteiger charge is -2.33. The fourth-order valence-electron chi connectivity index (χ4n) is 4.11. The van der Waals surface area contributed by atoms with Crippen molar-refractivity contribution in [1.82, 2.24) is 5.32 Å².